The molecule has 1 aromatic heterocycles. The summed E-state index contributed by atoms with van der Waals surface area (Å²) in [5.74, 6) is 0.280. The van der Waals surface area contributed by atoms with Gasteiger partial charge in [0.15, 0.2) is 0 Å². The van der Waals surface area contributed by atoms with Crippen molar-refractivity contribution in [1.29, 1.82) is 0 Å². The van der Waals surface area contributed by atoms with Gasteiger partial charge in [0.2, 0.25) is 5.91 Å². The van der Waals surface area contributed by atoms with Gasteiger partial charge in [0.05, 0.1) is 3.79 Å². The number of nitrogens with zero attached hydrogens (tertiary/aromatic N) is 1. The van der Waals surface area contributed by atoms with Crippen LogP contribution in [0, 0.1) is 0 Å². The molecule has 5 heteroatoms. The number of hydrogen-bond donors (Lipinski definition) is 1. The number of hydrogen-bond acceptors (Lipinski definition) is 3. The molecule has 1 aromatic rings. The van der Waals surface area contributed by atoms with Gasteiger partial charge in [-0.05, 0) is 41.4 Å². The summed E-state index contributed by atoms with van der Waals surface area (Å²) >= 11 is 5.15. The third kappa shape index (κ3) is 3.79. The molecule has 0 spiro atoms. The first-order chi connectivity index (χ1) is 8.15. The van der Waals surface area contributed by atoms with E-state index in [-0.39, 0.29) is 5.91 Å². The van der Waals surface area contributed by atoms with Gasteiger partial charge in [-0.25, -0.2) is 0 Å². The van der Waals surface area contributed by atoms with E-state index in [4.69, 9.17) is 0 Å². The van der Waals surface area contributed by atoms with E-state index in [2.05, 4.69) is 34.2 Å². The summed E-state index contributed by atoms with van der Waals surface area (Å²) in [6.07, 6.45) is 1.48. The lowest BCUT2D eigenvalue weighted by Crippen LogP contribution is -2.51. The average molecular weight is 317 g/mol. The molecule has 0 bridgehead atoms. The van der Waals surface area contributed by atoms with Crippen LogP contribution in [-0.2, 0) is 11.2 Å². The third-order valence-corrected chi connectivity index (χ3v) is 4.62. The maximum absolute atomic E-state index is 12.0. The lowest BCUT2D eigenvalue weighted by molar-refractivity contribution is -0.132. The monoisotopic (exact) mass is 316 g/mol. The molecule has 1 atom stereocenters. The number of carbonyl (C=O) groups excluding carboxylic acids is 1. The van der Waals surface area contributed by atoms with E-state index in [9.17, 15) is 4.79 Å². The topological polar surface area (TPSA) is 32.3 Å². The zero-order chi connectivity index (χ0) is 12.3. The van der Waals surface area contributed by atoms with Crippen LogP contribution in [0.25, 0.3) is 0 Å². The Morgan fingerprint density at radius 1 is 1.65 bits per heavy atom. The van der Waals surface area contributed by atoms with Gasteiger partial charge in [-0.2, -0.15) is 0 Å². The van der Waals surface area contributed by atoms with Crippen molar-refractivity contribution in [2.24, 2.45) is 0 Å². The minimum absolute atomic E-state index is 0.280. The first-order valence-corrected chi connectivity index (χ1v) is 7.51. The maximum Gasteiger partial charge on any atom is 0.223 e. The van der Waals surface area contributed by atoms with Gasteiger partial charge in [-0.15, -0.1) is 11.3 Å². The summed E-state index contributed by atoms with van der Waals surface area (Å²) in [5, 5.41) is 3.35. The van der Waals surface area contributed by atoms with Gasteiger partial charge >= 0.3 is 0 Å². The fraction of sp³-hybridized carbons (Fsp3) is 0.583. The van der Waals surface area contributed by atoms with Crippen molar-refractivity contribution in [1.82, 2.24) is 10.2 Å². The molecule has 0 saturated carbocycles. The van der Waals surface area contributed by atoms with Crippen LogP contribution in [0.15, 0.2) is 15.9 Å². The molecule has 1 fully saturated rings. The molecule has 17 heavy (non-hydrogen) atoms. The smallest absolute Gasteiger partial charge is 0.223 e. The molecular weight excluding hydrogens is 300 g/mol. The zero-order valence-corrected chi connectivity index (χ0v) is 12.3. The first-order valence-electron chi connectivity index (χ1n) is 5.90. The standard InChI is InChI=1S/C12H17BrN2OS/c1-9-8-15(7-6-14-9)12(16)5-3-10-2-4-11(13)17-10/h2,4,9,14H,3,5-8H2,1H3. The van der Waals surface area contributed by atoms with Crippen LogP contribution >= 0.6 is 27.3 Å². The first kappa shape index (κ1) is 13.1. The van der Waals surface area contributed by atoms with Crippen LogP contribution in [0.2, 0.25) is 0 Å². The molecule has 3 nitrogen and oxygen atoms in total. The Morgan fingerprint density at radius 2 is 2.47 bits per heavy atom. The zero-order valence-electron chi connectivity index (χ0n) is 9.91. The number of piperazine rings is 1. The van der Waals surface area contributed by atoms with E-state index in [1.54, 1.807) is 11.3 Å². The van der Waals surface area contributed by atoms with E-state index in [0.717, 1.165) is 29.8 Å². The Labute approximate surface area is 114 Å². The number of nitrogens with one attached hydrogen (secondary N) is 1. The van der Waals surface area contributed by atoms with Gasteiger partial charge in [0.1, 0.15) is 0 Å². The Kier molecular flexibility index (Phi) is 4.59. The molecule has 1 saturated heterocycles. The highest BCUT2D eigenvalue weighted by Crippen LogP contribution is 2.23. The van der Waals surface area contributed by atoms with E-state index in [1.807, 2.05) is 11.0 Å². The molecule has 1 amide bonds. The van der Waals surface area contributed by atoms with E-state index < -0.39 is 0 Å². The quantitative estimate of drug-likeness (QED) is 0.927. The number of halogens is 1. The molecule has 1 unspecified atom stereocenters. The summed E-state index contributed by atoms with van der Waals surface area (Å²) in [5.41, 5.74) is 0. The summed E-state index contributed by atoms with van der Waals surface area (Å²) in [6, 6.07) is 4.54. The molecular formula is C12H17BrN2OS. The Balaban J connectivity index is 1.80. The Bertz CT molecular complexity index is 394. The normalized spacial score (nSPS) is 20.6. The molecule has 0 aliphatic carbocycles. The van der Waals surface area contributed by atoms with Gasteiger partial charge in [-0.3, -0.25) is 4.79 Å². The summed E-state index contributed by atoms with van der Waals surface area (Å²) < 4.78 is 1.13. The highest BCUT2D eigenvalue weighted by molar-refractivity contribution is 9.11. The molecule has 2 heterocycles. The van der Waals surface area contributed by atoms with Crippen LogP contribution in [0.5, 0.6) is 0 Å². The van der Waals surface area contributed by atoms with E-state index >= 15 is 0 Å². The minimum Gasteiger partial charge on any atom is -0.340 e. The van der Waals surface area contributed by atoms with Crippen molar-refractivity contribution in [3.05, 3.63) is 20.8 Å². The van der Waals surface area contributed by atoms with Crippen molar-refractivity contribution in [3.8, 4) is 0 Å². The average Bonchev–Trinajstić information content (AvgIpc) is 2.72. The van der Waals surface area contributed by atoms with Crippen LogP contribution in [0.4, 0.5) is 0 Å². The molecule has 94 valence electrons. The molecule has 1 aliphatic rings. The number of aryl methyl sites for hydroxylation is 1. The van der Waals surface area contributed by atoms with Crippen LogP contribution in [0.1, 0.15) is 18.2 Å². The highest BCUT2D eigenvalue weighted by atomic mass is 79.9. The Hall–Kier alpha value is -0.390. The molecule has 1 N–H and O–H groups in total. The van der Waals surface area contributed by atoms with E-state index in [1.165, 1.54) is 4.88 Å². The third-order valence-electron chi connectivity index (χ3n) is 2.94. The van der Waals surface area contributed by atoms with Gasteiger partial charge in [0, 0.05) is 37.0 Å². The predicted molar refractivity (Wildman–Crippen MR) is 74.4 cm³/mol. The van der Waals surface area contributed by atoms with Crippen LogP contribution in [0.3, 0.4) is 0 Å². The van der Waals surface area contributed by atoms with Crippen molar-refractivity contribution < 1.29 is 4.79 Å². The highest BCUT2D eigenvalue weighted by Gasteiger charge is 2.19. The molecule has 2 rings (SSSR count). The number of rotatable bonds is 3. The summed E-state index contributed by atoms with van der Waals surface area (Å²) in [7, 11) is 0. The largest absolute Gasteiger partial charge is 0.340 e. The lowest BCUT2D eigenvalue weighted by atomic mass is 10.2. The van der Waals surface area contributed by atoms with Crippen molar-refractivity contribution in [3.63, 3.8) is 0 Å². The molecule has 0 radical (unpaired) electrons. The number of thiophene rings is 1. The van der Waals surface area contributed by atoms with Crippen molar-refractivity contribution in [2.45, 2.75) is 25.8 Å². The number of carbonyl (C=O) groups is 1. The van der Waals surface area contributed by atoms with Gasteiger partial charge < -0.3 is 10.2 Å². The summed E-state index contributed by atoms with van der Waals surface area (Å²) in [4.78, 5) is 15.3. The minimum atomic E-state index is 0.280. The fourth-order valence-electron chi connectivity index (χ4n) is 2.03. The summed E-state index contributed by atoms with van der Waals surface area (Å²) in [6.45, 7) is 4.72. The fourth-order valence-corrected chi connectivity index (χ4v) is 3.52. The van der Waals surface area contributed by atoms with Crippen LogP contribution in [-0.4, -0.2) is 36.5 Å². The molecule has 0 aromatic carbocycles. The Morgan fingerprint density at radius 3 is 3.12 bits per heavy atom. The second-order valence-electron chi connectivity index (χ2n) is 4.40. The second-order valence-corrected chi connectivity index (χ2v) is 6.95. The van der Waals surface area contributed by atoms with Crippen molar-refractivity contribution in [2.75, 3.05) is 19.6 Å². The lowest BCUT2D eigenvalue weighted by Gasteiger charge is -2.31. The molecule has 1 aliphatic heterocycles. The van der Waals surface area contributed by atoms with Gasteiger partial charge in [-0.1, -0.05) is 0 Å². The number of amides is 1. The van der Waals surface area contributed by atoms with Crippen LogP contribution < -0.4 is 5.32 Å². The maximum atomic E-state index is 12.0. The van der Waals surface area contributed by atoms with E-state index in [0.29, 0.717) is 12.5 Å². The predicted octanol–water partition coefficient (Wildman–Crippen LogP) is 2.26. The SMILES string of the molecule is CC1CN(C(=O)CCc2ccc(Br)s2)CCN1. The van der Waals surface area contributed by atoms with Crippen molar-refractivity contribution >= 4 is 33.2 Å². The second kappa shape index (κ2) is 5.98. The van der Waals surface area contributed by atoms with Gasteiger partial charge in [0.25, 0.3) is 0 Å².